The van der Waals surface area contributed by atoms with E-state index in [2.05, 4.69) is 25.7 Å². The number of aryl methyl sites for hydroxylation is 1. The lowest BCUT2D eigenvalue weighted by atomic mass is 9.89. The Hall–Kier alpha value is -3.94. The lowest BCUT2D eigenvalue weighted by Gasteiger charge is -2.16. The van der Waals surface area contributed by atoms with Gasteiger partial charge in [-0.2, -0.15) is 10.1 Å². The number of aromatic nitrogens is 4. The summed E-state index contributed by atoms with van der Waals surface area (Å²) in [4.78, 5) is 17.1. The SMILES string of the molecule is COc1ccc2c(c1)CCc1c-2n[nH]c1C(=O)NCCc1noc(-c2ccccc2)n1. The minimum atomic E-state index is -0.183. The van der Waals surface area contributed by atoms with Crippen LogP contribution in [0.4, 0.5) is 0 Å². The van der Waals surface area contributed by atoms with Crippen LogP contribution in [0.2, 0.25) is 0 Å². The van der Waals surface area contributed by atoms with E-state index in [0.717, 1.165) is 41.0 Å². The first kappa shape index (κ1) is 19.0. The summed E-state index contributed by atoms with van der Waals surface area (Å²) >= 11 is 0. The Labute approximate surface area is 178 Å². The van der Waals surface area contributed by atoms with E-state index < -0.39 is 0 Å². The molecule has 5 rings (SSSR count). The topological polar surface area (TPSA) is 106 Å². The van der Waals surface area contributed by atoms with Crippen LogP contribution in [-0.4, -0.2) is 39.9 Å². The van der Waals surface area contributed by atoms with Crippen LogP contribution in [0, 0.1) is 0 Å². The third-order valence-corrected chi connectivity index (χ3v) is 5.43. The summed E-state index contributed by atoms with van der Waals surface area (Å²) in [5.74, 6) is 1.67. The number of rotatable bonds is 6. The predicted molar refractivity (Wildman–Crippen MR) is 114 cm³/mol. The first-order valence-electron chi connectivity index (χ1n) is 10.1. The van der Waals surface area contributed by atoms with E-state index in [1.54, 1.807) is 7.11 Å². The first-order chi connectivity index (χ1) is 15.2. The predicted octanol–water partition coefficient (Wildman–Crippen LogP) is 3.21. The quantitative estimate of drug-likeness (QED) is 0.501. The maximum absolute atomic E-state index is 12.7. The summed E-state index contributed by atoms with van der Waals surface area (Å²) in [7, 11) is 1.66. The number of nitrogens with zero attached hydrogens (tertiary/aromatic N) is 3. The minimum absolute atomic E-state index is 0.183. The van der Waals surface area contributed by atoms with E-state index in [-0.39, 0.29) is 5.91 Å². The van der Waals surface area contributed by atoms with Crippen LogP contribution in [0.25, 0.3) is 22.7 Å². The van der Waals surface area contributed by atoms with Gasteiger partial charge in [-0.25, -0.2) is 0 Å². The molecule has 0 spiro atoms. The van der Waals surface area contributed by atoms with Gasteiger partial charge in [-0.3, -0.25) is 9.89 Å². The van der Waals surface area contributed by atoms with Crippen LogP contribution in [0.5, 0.6) is 5.75 Å². The molecular weight excluding hydrogens is 394 g/mol. The highest BCUT2D eigenvalue weighted by molar-refractivity contribution is 5.96. The maximum Gasteiger partial charge on any atom is 0.269 e. The van der Waals surface area contributed by atoms with Crippen LogP contribution in [-0.2, 0) is 19.3 Å². The van der Waals surface area contributed by atoms with Gasteiger partial charge in [0.1, 0.15) is 11.4 Å². The zero-order valence-electron chi connectivity index (χ0n) is 17.0. The van der Waals surface area contributed by atoms with Crippen LogP contribution in [0.3, 0.4) is 0 Å². The van der Waals surface area contributed by atoms with Gasteiger partial charge in [-0.1, -0.05) is 23.4 Å². The van der Waals surface area contributed by atoms with Gasteiger partial charge >= 0.3 is 0 Å². The zero-order valence-corrected chi connectivity index (χ0v) is 17.0. The zero-order chi connectivity index (χ0) is 21.2. The molecule has 8 heteroatoms. The molecule has 156 valence electrons. The normalized spacial score (nSPS) is 12.2. The molecule has 8 nitrogen and oxygen atoms in total. The number of hydrogen-bond donors (Lipinski definition) is 2. The first-order valence-corrected chi connectivity index (χ1v) is 10.1. The minimum Gasteiger partial charge on any atom is -0.497 e. The van der Waals surface area contributed by atoms with Gasteiger partial charge in [0.05, 0.1) is 12.8 Å². The number of carbonyl (C=O) groups is 1. The van der Waals surface area contributed by atoms with Crippen molar-refractivity contribution in [3.63, 3.8) is 0 Å². The summed E-state index contributed by atoms with van der Waals surface area (Å²) in [5.41, 5.74) is 5.37. The molecule has 0 saturated carbocycles. The van der Waals surface area contributed by atoms with Crippen LogP contribution in [0.1, 0.15) is 27.4 Å². The molecule has 0 saturated heterocycles. The van der Waals surface area contributed by atoms with Crippen molar-refractivity contribution < 1.29 is 14.1 Å². The Morgan fingerprint density at radius 2 is 2.06 bits per heavy atom. The number of ether oxygens (including phenoxy) is 1. The maximum atomic E-state index is 12.7. The average molecular weight is 415 g/mol. The second-order valence-corrected chi connectivity index (χ2v) is 7.34. The second kappa shape index (κ2) is 8.06. The fourth-order valence-electron chi connectivity index (χ4n) is 3.84. The van der Waals surface area contributed by atoms with E-state index >= 15 is 0 Å². The highest BCUT2D eigenvalue weighted by Crippen LogP contribution is 2.35. The Kier molecular flexibility index (Phi) is 4.95. The van der Waals surface area contributed by atoms with E-state index in [1.165, 1.54) is 5.56 Å². The molecular formula is C23H21N5O3. The number of hydrogen-bond acceptors (Lipinski definition) is 6. The highest BCUT2D eigenvalue weighted by Gasteiger charge is 2.25. The standard InChI is InChI=1S/C23H21N5O3/c1-30-16-8-10-17-15(13-16)7-9-18-20(17)26-27-21(18)22(29)24-12-11-19-25-23(31-28-19)14-5-3-2-4-6-14/h2-6,8,10,13H,7,9,11-12H2,1H3,(H,24,29)(H,26,27). The van der Waals surface area contributed by atoms with Gasteiger partial charge in [0.15, 0.2) is 5.82 Å². The van der Waals surface area contributed by atoms with Gasteiger partial charge in [-0.05, 0) is 48.7 Å². The molecule has 0 fully saturated rings. The molecule has 0 bridgehead atoms. The van der Waals surface area contributed by atoms with Crippen molar-refractivity contribution in [2.75, 3.05) is 13.7 Å². The Balaban J connectivity index is 1.24. The molecule has 1 aliphatic carbocycles. The number of nitrogens with one attached hydrogen (secondary N) is 2. The van der Waals surface area contributed by atoms with E-state index in [1.807, 2.05) is 48.5 Å². The average Bonchev–Trinajstić information content (AvgIpc) is 3.46. The van der Waals surface area contributed by atoms with Gasteiger partial charge in [-0.15, -0.1) is 0 Å². The molecule has 2 heterocycles. The Bertz CT molecular complexity index is 1230. The molecule has 4 aromatic rings. The summed E-state index contributed by atoms with van der Waals surface area (Å²) in [5, 5.41) is 14.2. The molecule has 2 aromatic heterocycles. The van der Waals surface area contributed by atoms with E-state index in [0.29, 0.717) is 30.4 Å². The van der Waals surface area contributed by atoms with Gasteiger partial charge in [0.2, 0.25) is 0 Å². The Morgan fingerprint density at radius 1 is 1.19 bits per heavy atom. The monoisotopic (exact) mass is 415 g/mol. The van der Waals surface area contributed by atoms with Gasteiger partial charge in [0.25, 0.3) is 11.8 Å². The van der Waals surface area contributed by atoms with Crippen molar-refractivity contribution in [1.82, 2.24) is 25.7 Å². The molecule has 0 aliphatic heterocycles. The number of amides is 1. The number of benzene rings is 2. The van der Waals surface area contributed by atoms with E-state index in [4.69, 9.17) is 9.26 Å². The van der Waals surface area contributed by atoms with Gasteiger partial charge < -0.3 is 14.6 Å². The van der Waals surface area contributed by atoms with Crippen LogP contribution in [0.15, 0.2) is 53.1 Å². The molecule has 31 heavy (non-hydrogen) atoms. The van der Waals surface area contributed by atoms with Crippen molar-refractivity contribution in [3.8, 4) is 28.5 Å². The molecule has 0 atom stereocenters. The lowest BCUT2D eigenvalue weighted by molar-refractivity contribution is 0.0948. The van der Waals surface area contributed by atoms with Crippen molar-refractivity contribution in [3.05, 3.63) is 71.2 Å². The number of carbonyl (C=O) groups excluding carboxylic acids is 1. The lowest BCUT2D eigenvalue weighted by Crippen LogP contribution is -2.27. The molecule has 2 N–H and O–H groups in total. The molecule has 0 unspecified atom stereocenters. The second-order valence-electron chi connectivity index (χ2n) is 7.34. The summed E-state index contributed by atoms with van der Waals surface area (Å²) in [6.45, 7) is 0.397. The summed E-state index contributed by atoms with van der Waals surface area (Å²) < 4.78 is 10.6. The molecule has 1 amide bonds. The molecule has 2 aromatic carbocycles. The van der Waals surface area contributed by atoms with Crippen LogP contribution < -0.4 is 10.1 Å². The third-order valence-electron chi connectivity index (χ3n) is 5.43. The Morgan fingerprint density at radius 3 is 2.90 bits per heavy atom. The number of aromatic amines is 1. The smallest absolute Gasteiger partial charge is 0.269 e. The largest absolute Gasteiger partial charge is 0.497 e. The summed E-state index contributed by atoms with van der Waals surface area (Å²) in [6.07, 6.45) is 2.06. The van der Waals surface area contributed by atoms with Crippen LogP contribution >= 0.6 is 0 Å². The number of methoxy groups -OCH3 is 1. The third kappa shape index (κ3) is 3.68. The van der Waals surface area contributed by atoms with Crippen molar-refractivity contribution in [2.45, 2.75) is 19.3 Å². The fourth-order valence-corrected chi connectivity index (χ4v) is 3.84. The number of fused-ring (bicyclic) bond motifs is 3. The molecule has 0 radical (unpaired) electrons. The van der Waals surface area contributed by atoms with Crippen molar-refractivity contribution in [1.29, 1.82) is 0 Å². The highest BCUT2D eigenvalue weighted by atomic mass is 16.5. The summed E-state index contributed by atoms with van der Waals surface area (Å²) in [6, 6.07) is 15.5. The van der Waals surface area contributed by atoms with E-state index in [9.17, 15) is 4.79 Å². The fraction of sp³-hybridized carbons (Fsp3) is 0.217. The van der Waals surface area contributed by atoms with Crippen molar-refractivity contribution in [2.24, 2.45) is 0 Å². The number of H-pyrrole nitrogens is 1. The molecule has 1 aliphatic rings. The van der Waals surface area contributed by atoms with Crippen molar-refractivity contribution >= 4 is 5.91 Å². The van der Waals surface area contributed by atoms with Gasteiger partial charge in [0, 0.05) is 29.7 Å².